The quantitative estimate of drug-likeness (QED) is 0.885. The molecule has 2 rings (SSSR count). The zero-order valence-electron chi connectivity index (χ0n) is 9.86. The molecule has 19 heavy (non-hydrogen) atoms. The molecule has 0 saturated carbocycles. The number of anilines is 1. The molecule has 0 bridgehead atoms. The number of carbonyl (C=O) groups excluding carboxylic acids is 1. The summed E-state index contributed by atoms with van der Waals surface area (Å²) in [6.45, 7) is 0. The molecule has 0 aliphatic rings. The van der Waals surface area contributed by atoms with E-state index in [2.05, 4.69) is 5.32 Å². The SMILES string of the molecule is O=C(CSCc1ccco1)Nc1cc(Cl)ccc1Cl. The minimum atomic E-state index is -0.124. The number of hydrogen-bond donors (Lipinski definition) is 1. The Bertz CT molecular complexity index is 558. The number of thioether (sulfide) groups is 1. The summed E-state index contributed by atoms with van der Waals surface area (Å²) in [5, 5.41) is 3.72. The number of hydrogen-bond acceptors (Lipinski definition) is 3. The van der Waals surface area contributed by atoms with Crippen LogP contribution in [0, 0.1) is 0 Å². The Morgan fingerprint density at radius 2 is 2.16 bits per heavy atom. The van der Waals surface area contributed by atoms with Crippen molar-refractivity contribution in [3.05, 3.63) is 52.4 Å². The van der Waals surface area contributed by atoms with Gasteiger partial charge < -0.3 is 9.73 Å². The van der Waals surface area contributed by atoms with Gasteiger partial charge in [-0.2, -0.15) is 0 Å². The number of furan rings is 1. The van der Waals surface area contributed by atoms with Crippen molar-refractivity contribution in [1.29, 1.82) is 0 Å². The van der Waals surface area contributed by atoms with Gasteiger partial charge in [-0.05, 0) is 30.3 Å². The third-order valence-electron chi connectivity index (χ3n) is 2.26. The third kappa shape index (κ3) is 4.49. The predicted molar refractivity (Wildman–Crippen MR) is 80.0 cm³/mol. The molecule has 1 amide bonds. The highest BCUT2D eigenvalue weighted by atomic mass is 35.5. The van der Waals surface area contributed by atoms with Crippen LogP contribution in [0.2, 0.25) is 10.0 Å². The van der Waals surface area contributed by atoms with E-state index >= 15 is 0 Å². The van der Waals surface area contributed by atoms with Crippen molar-refractivity contribution in [2.24, 2.45) is 0 Å². The van der Waals surface area contributed by atoms with Gasteiger partial charge in [0.25, 0.3) is 0 Å². The van der Waals surface area contributed by atoms with Crippen molar-refractivity contribution in [3.8, 4) is 0 Å². The molecular weight excluding hydrogens is 305 g/mol. The van der Waals surface area contributed by atoms with E-state index in [-0.39, 0.29) is 5.91 Å². The number of rotatable bonds is 5. The maximum absolute atomic E-state index is 11.7. The second-order valence-electron chi connectivity index (χ2n) is 3.74. The van der Waals surface area contributed by atoms with Gasteiger partial charge in [-0.25, -0.2) is 0 Å². The van der Waals surface area contributed by atoms with Crippen molar-refractivity contribution in [3.63, 3.8) is 0 Å². The fraction of sp³-hybridized carbons (Fsp3) is 0.154. The molecule has 3 nitrogen and oxygen atoms in total. The Kier molecular flexibility index (Phi) is 5.19. The van der Waals surface area contributed by atoms with Crippen molar-refractivity contribution in [2.45, 2.75) is 5.75 Å². The fourth-order valence-corrected chi connectivity index (χ4v) is 2.48. The molecule has 6 heteroatoms. The Morgan fingerprint density at radius 1 is 1.32 bits per heavy atom. The van der Waals surface area contributed by atoms with Crippen LogP contribution in [0.1, 0.15) is 5.76 Å². The van der Waals surface area contributed by atoms with E-state index in [4.69, 9.17) is 27.6 Å². The van der Waals surface area contributed by atoms with Crippen LogP contribution in [0.3, 0.4) is 0 Å². The van der Waals surface area contributed by atoms with Gasteiger partial charge in [-0.15, -0.1) is 11.8 Å². The monoisotopic (exact) mass is 315 g/mol. The first kappa shape index (κ1) is 14.3. The standard InChI is InChI=1S/C13H11Cl2NO2S/c14-9-3-4-11(15)12(6-9)16-13(17)8-19-7-10-2-1-5-18-10/h1-6H,7-8H2,(H,16,17). The summed E-state index contributed by atoms with van der Waals surface area (Å²) >= 11 is 13.3. The highest BCUT2D eigenvalue weighted by Gasteiger charge is 2.07. The van der Waals surface area contributed by atoms with Gasteiger partial charge in [0.2, 0.25) is 5.91 Å². The van der Waals surface area contributed by atoms with E-state index in [1.807, 2.05) is 12.1 Å². The maximum atomic E-state index is 11.7. The molecule has 2 aromatic rings. The van der Waals surface area contributed by atoms with E-state index in [1.165, 1.54) is 11.8 Å². The lowest BCUT2D eigenvalue weighted by Gasteiger charge is -2.07. The van der Waals surface area contributed by atoms with Gasteiger partial charge in [0.05, 0.1) is 28.5 Å². The topological polar surface area (TPSA) is 42.2 Å². The van der Waals surface area contributed by atoms with Crippen molar-refractivity contribution >= 4 is 46.6 Å². The smallest absolute Gasteiger partial charge is 0.234 e. The zero-order chi connectivity index (χ0) is 13.7. The normalized spacial score (nSPS) is 10.4. The lowest BCUT2D eigenvalue weighted by molar-refractivity contribution is -0.113. The van der Waals surface area contributed by atoms with Crippen LogP contribution in [-0.4, -0.2) is 11.7 Å². The summed E-state index contributed by atoms with van der Waals surface area (Å²) in [5.41, 5.74) is 0.526. The van der Waals surface area contributed by atoms with E-state index in [1.54, 1.807) is 24.5 Å². The summed E-state index contributed by atoms with van der Waals surface area (Å²) in [5.74, 6) is 1.70. The fourth-order valence-electron chi connectivity index (χ4n) is 1.42. The molecule has 0 fully saturated rings. The average molecular weight is 316 g/mol. The molecular formula is C13H11Cl2NO2S. The Balaban J connectivity index is 1.82. The molecule has 0 spiro atoms. The van der Waals surface area contributed by atoms with Gasteiger partial charge in [-0.1, -0.05) is 23.2 Å². The predicted octanol–water partition coefficient (Wildman–Crippen LogP) is 4.46. The van der Waals surface area contributed by atoms with E-state index in [0.29, 0.717) is 27.2 Å². The number of halogens is 2. The van der Waals surface area contributed by atoms with Gasteiger partial charge >= 0.3 is 0 Å². The first-order chi connectivity index (χ1) is 9.15. The molecule has 0 radical (unpaired) electrons. The molecule has 1 N–H and O–H groups in total. The van der Waals surface area contributed by atoms with Crippen molar-refractivity contribution in [1.82, 2.24) is 0 Å². The first-order valence-electron chi connectivity index (χ1n) is 5.50. The molecule has 1 heterocycles. The molecule has 0 atom stereocenters. The Hall–Kier alpha value is -1.10. The van der Waals surface area contributed by atoms with E-state index in [0.717, 1.165) is 5.76 Å². The minimum Gasteiger partial charge on any atom is -0.468 e. The van der Waals surface area contributed by atoms with Crippen LogP contribution in [0.15, 0.2) is 41.0 Å². The first-order valence-corrected chi connectivity index (χ1v) is 7.41. The maximum Gasteiger partial charge on any atom is 0.234 e. The molecule has 1 aromatic carbocycles. The van der Waals surface area contributed by atoms with E-state index < -0.39 is 0 Å². The highest BCUT2D eigenvalue weighted by Crippen LogP contribution is 2.25. The molecule has 0 unspecified atom stereocenters. The van der Waals surface area contributed by atoms with Crippen molar-refractivity contribution in [2.75, 3.05) is 11.1 Å². The second-order valence-corrected chi connectivity index (χ2v) is 5.57. The lowest BCUT2D eigenvalue weighted by Crippen LogP contribution is -2.14. The molecule has 0 saturated heterocycles. The van der Waals surface area contributed by atoms with Crippen LogP contribution in [0.5, 0.6) is 0 Å². The lowest BCUT2D eigenvalue weighted by atomic mass is 10.3. The number of nitrogens with one attached hydrogen (secondary N) is 1. The number of benzene rings is 1. The van der Waals surface area contributed by atoms with Gasteiger partial charge in [0.15, 0.2) is 0 Å². The molecule has 1 aromatic heterocycles. The van der Waals surface area contributed by atoms with E-state index in [9.17, 15) is 4.79 Å². The van der Waals surface area contributed by atoms with Gasteiger partial charge in [0.1, 0.15) is 5.76 Å². The highest BCUT2D eigenvalue weighted by molar-refractivity contribution is 7.99. The Morgan fingerprint density at radius 3 is 2.89 bits per heavy atom. The number of amides is 1. The van der Waals surface area contributed by atoms with Crippen LogP contribution in [0.25, 0.3) is 0 Å². The molecule has 0 aliphatic heterocycles. The Labute approximate surface area is 125 Å². The van der Waals surface area contributed by atoms with Crippen LogP contribution in [-0.2, 0) is 10.5 Å². The molecule has 100 valence electrons. The third-order valence-corrected chi connectivity index (χ3v) is 3.78. The largest absolute Gasteiger partial charge is 0.468 e. The van der Waals surface area contributed by atoms with Crippen LogP contribution >= 0.6 is 35.0 Å². The van der Waals surface area contributed by atoms with Gasteiger partial charge in [-0.3, -0.25) is 4.79 Å². The summed E-state index contributed by atoms with van der Waals surface area (Å²) in [6, 6.07) is 8.64. The van der Waals surface area contributed by atoms with Crippen LogP contribution in [0.4, 0.5) is 5.69 Å². The summed E-state index contributed by atoms with van der Waals surface area (Å²) in [4.78, 5) is 11.7. The summed E-state index contributed by atoms with van der Waals surface area (Å²) < 4.78 is 5.18. The minimum absolute atomic E-state index is 0.124. The average Bonchev–Trinajstić information content (AvgIpc) is 2.87. The zero-order valence-corrected chi connectivity index (χ0v) is 12.2. The summed E-state index contributed by atoms with van der Waals surface area (Å²) in [7, 11) is 0. The molecule has 0 aliphatic carbocycles. The van der Waals surface area contributed by atoms with Crippen LogP contribution < -0.4 is 5.32 Å². The summed E-state index contributed by atoms with van der Waals surface area (Å²) in [6.07, 6.45) is 1.61. The number of carbonyl (C=O) groups is 1. The van der Waals surface area contributed by atoms with Gasteiger partial charge in [0, 0.05) is 5.02 Å². The second kappa shape index (κ2) is 6.89. The van der Waals surface area contributed by atoms with Crippen molar-refractivity contribution < 1.29 is 9.21 Å².